The first-order valence-corrected chi connectivity index (χ1v) is 8.69. The topological polar surface area (TPSA) is 3.24 Å². The smallest absolute Gasteiger partial charge is 0.0233 e. The summed E-state index contributed by atoms with van der Waals surface area (Å²) in [5.74, 6) is 0. The molecule has 0 saturated heterocycles. The van der Waals surface area contributed by atoms with E-state index in [1.165, 1.54) is 27.8 Å². The first-order valence-electron chi connectivity index (χ1n) is 8.69. The summed E-state index contributed by atoms with van der Waals surface area (Å²) in [5, 5.41) is 0. The fourth-order valence-corrected chi connectivity index (χ4v) is 2.79. The third kappa shape index (κ3) is 5.82. The fourth-order valence-electron chi connectivity index (χ4n) is 2.79. The van der Waals surface area contributed by atoms with Gasteiger partial charge in [-0.1, -0.05) is 66.3 Å². The zero-order valence-electron chi connectivity index (χ0n) is 15.3. The second-order valence-electron chi connectivity index (χ2n) is 6.70. The molecule has 0 atom stereocenters. The van der Waals surface area contributed by atoms with Crippen LogP contribution in [0, 0.1) is 0 Å². The second kappa shape index (κ2) is 9.24. The van der Waals surface area contributed by atoms with Gasteiger partial charge in [-0.25, -0.2) is 0 Å². The molecular weight excluding hydrogens is 290 g/mol. The highest BCUT2D eigenvalue weighted by Gasteiger charge is 2.01. The molecule has 1 nitrogen and oxygen atoms in total. The number of hydrogen-bond acceptors (Lipinski definition) is 1. The average Bonchev–Trinajstić information content (AvgIpc) is 2.56. The third-order valence-electron chi connectivity index (χ3n) is 4.12. The number of hydrogen-bond donors (Lipinski definition) is 0. The molecule has 2 rings (SSSR count). The predicted molar refractivity (Wildman–Crippen MR) is 106 cm³/mol. The molecule has 0 aliphatic heterocycles. The van der Waals surface area contributed by atoms with Gasteiger partial charge in [0.2, 0.25) is 0 Å². The number of likely N-dealkylation sites (N-methyl/N-ethyl adjacent to an activating group) is 1. The zero-order valence-corrected chi connectivity index (χ0v) is 15.3. The molecule has 0 unspecified atom stereocenters. The zero-order chi connectivity index (χ0) is 17.4. The lowest BCUT2D eigenvalue weighted by Crippen LogP contribution is -2.17. The van der Waals surface area contributed by atoms with Gasteiger partial charge in [0.05, 0.1) is 0 Å². The second-order valence-corrected chi connectivity index (χ2v) is 6.70. The van der Waals surface area contributed by atoms with Crippen LogP contribution in [0.15, 0.2) is 72.8 Å². The molecule has 2 aromatic rings. The van der Waals surface area contributed by atoms with E-state index in [0.29, 0.717) is 0 Å². The summed E-state index contributed by atoms with van der Waals surface area (Å²) in [6, 6.07) is 17.8. The summed E-state index contributed by atoms with van der Waals surface area (Å²) in [5.41, 5.74) is 6.69. The minimum Gasteiger partial charge on any atom is -0.298 e. The Labute approximate surface area is 147 Å². The highest BCUT2D eigenvalue weighted by Crippen LogP contribution is 2.21. The first kappa shape index (κ1) is 18.2. The Bertz CT molecular complexity index is 658. The SMILES string of the molecule is C=CCN(C)Cc1ccc(-c2ccc(CCC=C(C)C)cc2)cc1. The van der Waals surface area contributed by atoms with E-state index in [-0.39, 0.29) is 0 Å². The molecule has 0 amide bonds. The molecule has 0 fully saturated rings. The first-order chi connectivity index (χ1) is 11.6. The number of allylic oxidation sites excluding steroid dienone is 2. The lowest BCUT2D eigenvalue weighted by Gasteiger charge is -2.14. The van der Waals surface area contributed by atoms with Crippen molar-refractivity contribution in [1.29, 1.82) is 0 Å². The van der Waals surface area contributed by atoms with Crippen molar-refractivity contribution in [3.63, 3.8) is 0 Å². The Morgan fingerprint density at radius 1 is 0.917 bits per heavy atom. The van der Waals surface area contributed by atoms with Crippen LogP contribution in [0.1, 0.15) is 31.4 Å². The van der Waals surface area contributed by atoms with Crippen LogP contribution in [0.2, 0.25) is 0 Å². The molecule has 0 aliphatic rings. The molecule has 24 heavy (non-hydrogen) atoms. The van der Waals surface area contributed by atoms with Crippen LogP contribution in [-0.4, -0.2) is 18.5 Å². The summed E-state index contributed by atoms with van der Waals surface area (Å²) in [4.78, 5) is 2.25. The highest BCUT2D eigenvalue weighted by atomic mass is 15.1. The molecule has 0 aromatic heterocycles. The van der Waals surface area contributed by atoms with Gasteiger partial charge < -0.3 is 0 Å². The Balaban J connectivity index is 1.98. The van der Waals surface area contributed by atoms with Crippen LogP contribution in [0.25, 0.3) is 11.1 Å². The third-order valence-corrected chi connectivity index (χ3v) is 4.12. The number of benzene rings is 2. The van der Waals surface area contributed by atoms with Gasteiger partial charge in [0.15, 0.2) is 0 Å². The molecule has 0 heterocycles. The van der Waals surface area contributed by atoms with Crippen LogP contribution >= 0.6 is 0 Å². The van der Waals surface area contributed by atoms with Gasteiger partial charge in [0.25, 0.3) is 0 Å². The summed E-state index contributed by atoms with van der Waals surface area (Å²) in [6.45, 7) is 9.96. The Morgan fingerprint density at radius 3 is 1.96 bits per heavy atom. The molecule has 0 saturated carbocycles. The Morgan fingerprint density at radius 2 is 1.46 bits per heavy atom. The molecule has 0 radical (unpaired) electrons. The lowest BCUT2D eigenvalue weighted by molar-refractivity contribution is 0.364. The average molecular weight is 319 g/mol. The van der Waals surface area contributed by atoms with Gasteiger partial charge in [0.1, 0.15) is 0 Å². The maximum atomic E-state index is 3.79. The lowest BCUT2D eigenvalue weighted by atomic mass is 10.0. The minimum absolute atomic E-state index is 0.913. The van der Waals surface area contributed by atoms with Crippen LogP contribution in [0.4, 0.5) is 0 Å². The van der Waals surface area contributed by atoms with E-state index < -0.39 is 0 Å². The van der Waals surface area contributed by atoms with E-state index >= 15 is 0 Å². The monoisotopic (exact) mass is 319 g/mol. The summed E-state index contributed by atoms with van der Waals surface area (Å²) < 4.78 is 0. The van der Waals surface area contributed by atoms with Crippen molar-refractivity contribution in [2.75, 3.05) is 13.6 Å². The number of rotatable bonds is 8. The summed E-state index contributed by atoms with van der Waals surface area (Å²) in [7, 11) is 2.11. The van der Waals surface area contributed by atoms with Crippen molar-refractivity contribution in [3.8, 4) is 11.1 Å². The van der Waals surface area contributed by atoms with Gasteiger partial charge >= 0.3 is 0 Å². The quantitative estimate of drug-likeness (QED) is 0.550. The maximum Gasteiger partial charge on any atom is 0.0233 e. The molecule has 1 heteroatoms. The van der Waals surface area contributed by atoms with Crippen LogP contribution in [0.3, 0.4) is 0 Å². The van der Waals surface area contributed by atoms with Crippen LogP contribution < -0.4 is 0 Å². The minimum atomic E-state index is 0.913. The fraction of sp³-hybridized carbons (Fsp3) is 0.304. The van der Waals surface area contributed by atoms with Crippen LogP contribution in [0.5, 0.6) is 0 Å². The van der Waals surface area contributed by atoms with Crippen molar-refractivity contribution in [3.05, 3.63) is 84.0 Å². The maximum absolute atomic E-state index is 3.79. The van der Waals surface area contributed by atoms with E-state index in [1.807, 2.05) is 6.08 Å². The van der Waals surface area contributed by atoms with E-state index in [9.17, 15) is 0 Å². The van der Waals surface area contributed by atoms with Crippen molar-refractivity contribution in [2.24, 2.45) is 0 Å². The van der Waals surface area contributed by atoms with Crippen molar-refractivity contribution >= 4 is 0 Å². The summed E-state index contributed by atoms with van der Waals surface area (Å²) in [6.07, 6.45) is 6.47. The van der Waals surface area contributed by atoms with Gasteiger partial charge in [0, 0.05) is 13.1 Å². The Kier molecular flexibility index (Phi) is 7.02. The van der Waals surface area contributed by atoms with Gasteiger partial charge in [-0.2, -0.15) is 0 Å². The molecule has 126 valence electrons. The largest absolute Gasteiger partial charge is 0.298 e. The molecular formula is C23H29N. The van der Waals surface area contributed by atoms with Crippen molar-refractivity contribution < 1.29 is 0 Å². The van der Waals surface area contributed by atoms with Crippen LogP contribution in [-0.2, 0) is 13.0 Å². The predicted octanol–water partition coefficient (Wildman–Crippen LogP) is 5.87. The molecule has 2 aromatic carbocycles. The number of nitrogens with zero attached hydrogens (tertiary/aromatic N) is 1. The standard InChI is InChI=1S/C23H29N/c1-5-17-24(4)18-21-11-15-23(16-12-21)22-13-9-20(10-14-22)8-6-7-19(2)3/h5,7,9-16H,1,6,8,17-18H2,2-4H3. The molecule has 0 bridgehead atoms. The highest BCUT2D eigenvalue weighted by molar-refractivity contribution is 5.64. The van der Waals surface area contributed by atoms with E-state index in [0.717, 1.165) is 25.9 Å². The van der Waals surface area contributed by atoms with Gasteiger partial charge in [-0.3, -0.25) is 4.90 Å². The van der Waals surface area contributed by atoms with Gasteiger partial charge in [-0.15, -0.1) is 6.58 Å². The van der Waals surface area contributed by atoms with E-state index in [2.05, 4.69) is 87.0 Å². The van der Waals surface area contributed by atoms with E-state index in [4.69, 9.17) is 0 Å². The van der Waals surface area contributed by atoms with Gasteiger partial charge in [-0.05, 0) is 56.0 Å². The molecule has 0 N–H and O–H groups in total. The molecule has 0 aliphatic carbocycles. The number of aryl methyl sites for hydroxylation is 1. The Hall–Kier alpha value is -2.12. The molecule has 0 spiro atoms. The normalized spacial score (nSPS) is 10.7. The summed E-state index contributed by atoms with van der Waals surface area (Å²) >= 11 is 0. The van der Waals surface area contributed by atoms with E-state index in [1.54, 1.807) is 0 Å². The van der Waals surface area contributed by atoms with Crippen molar-refractivity contribution in [1.82, 2.24) is 4.90 Å². The van der Waals surface area contributed by atoms with Crippen molar-refractivity contribution in [2.45, 2.75) is 33.2 Å².